The lowest BCUT2D eigenvalue weighted by Gasteiger charge is -1.97. The molecule has 6 nitrogen and oxygen atoms in total. The predicted molar refractivity (Wildman–Crippen MR) is 79.4 cm³/mol. The van der Waals surface area contributed by atoms with Gasteiger partial charge in [-0.1, -0.05) is 30.3 Å². The average Bonchev–Trinajstić information content (AvgIpc) is 3.11. The van der Waals surface area contributed by atoms with Gasteiger partial charge in [0.05, 0.1) is 12.5 Å². The molecule has 0 bridgehead atoms. The summed E-state index contributed by atoms with van der Waals surface area (Å²) in [5, 5.41) is 6.60. The summed E-state index contributed by atoms with van der Waals surface area (Å²) in [7, 11) is 0. The Morgan fingerprint density at radius 2 is 2.05 bits per heavy atom. The fraction of sp³-hybridized carbons (Fsp3) is 0. The highest BCUT2D eigenvalue weighted by Crippen LogP contribution is 2.11. The molecular weight excluding hydrogens is 268 g/mol. The van der Waals surface area contributed by atoms with Crippen LogP contribution in [0, 0.1) is 0 Å². The van der Waals surface area contributed by atoms with Crippen molar-refractivity contribution in [2.75, 3.05) is 0 Å². The van der Waals surface area contributed by atoms with Crippen LogP contribution in [0.3, 0.4) is 0 Å². The maximum Gasteiger partial charge on any atom is 0.276 e. The normalized spacial score (nSPS) is 16.3. The van der Waals surface area contributed by atoms with Crippen molar-refractivity contribution in [1.29, 1.82) is 0 Å². The van der Waals surface area contributed by atoms with Crippen LogP contribution in [0.5, 0.6) is 0 Å². The van der Waals surface area contributed by atoms with Gasteiger partial charge in [0.2, 0.25) is 5.96 Å². The Morgan fingerprint density at radius 1 is 1.19 bits per heavy atom. The molecule has 0 saturated carbocycles. The van der Waals surface area contributed by atoms with Crippen molar-refractivity contribution >= 4 is 24.2 Å². The molecular formula is C15H12N4O2. The van der Waals surface area contributed by atoms with Gasteiger partial charge in [-0.25, -0.2) is 10.4 Å². The van der Waals surface area contributed by atoms with Gasteiger partial charge in [0.15, 0.2) is 0 Å². The Kier molecular flexibility index (Phi) is 3.60. The summed E-state index contributed by atoms with van der Waals surface area (Å²) in [6, 6.07) is 13.1. The van der Waals surface area contributed by atoms with Crippen LogP contribution in [0.2, 0.25) is 0 Å². The number of rotatable bonds is 3. The molecule has 1 aliphatic heterocycles. The first-order valence-electron chi connectivity index (χ1n) is 6.31. The van der Waals surface area contributed by atoms with E-state index in [-0.39, 0.29) is 17.6 Å². The first-order valence-corrected chi connectivity index (χ1v) is 6.31. The smallest absolute Gasteiger partial charge is 0.276 e. The molecule has 0 saturated heterocycles. The van der Waals surface area contributed by atoms with E-state index in [0.29, 0.717) is 5.76 Å². The van der Waals surface area contributed by atoms with Crippen molar-refractivity contribution in [3.63, 3.8) is 0 Å². The number of benzene rings is 1. The van der Waals surface area contributed by atoms with E-state index < -0.39 is 0 Å². The van der Waals surface area contributed by atoms with E-state index >= 15 is 0 Å². The molecule has 21 heavy (non-hydrogen) atoms. The predicted octanol–water partition coefficient (Wildman–Crippen LogP) is 1.73. The molecule has 0 atom stereocenters. The van der Waals surface area contributed by atoms with Crippen LogP contribution in [0.25, 0.3) is 6.08 Å². The van der Waals surface area contributed by atoms with Crippen LogP contribution >= 0.6 is 0 Å². The number of guanidine groups is 1. The van der Waals surface area contributed by atoms with E-state index in [1.807, 2.05) is 30.3 Å². The first kappa shape index (κ1) is 12.9. The molecule has 1 aromatic carbocycles. The Hall–Kier alpha value is -3.15. The maximum absolute atomic E-state index is 11.7. The minimum Gasteiger partial charge on any atom is -0.465 e. The molecule has 0 spiro atoms. The molecule has 104 valence electrons. The highest BCUT2D eigenvalue weighted by atomic mass is 16.3. The van der Waals surface area contributed by atoms with Crippen LogP contribution in [-0.4, -0.2) is 18.1 Å². The zero-order chi connectivity index (χ0) is 14.5. The lowest BCUT2D eigenvalue weighted by atomic mass is 10.2. The third-order valence-electron chi connectivity index (χ3n) is 2.70. The van der Waals surface area contributed by atoms with Crippen molar-refractivity contribution in [2.45, 2.75) is 0 Å². The minimum absolute atomic E-state index is 0.266. The van der Waals surface area contributed by atoms with Crippen molar-refractivity contribution in [3.05, 3.63) is 65.7 Å². The van der Waals surface area contributed by atoms with Crippen molar-refractivity contribution in [3.8, 4) is 0 Å². The monoisotopic (exact) mass is 280 g/mol. The highest BCUT2D eigenvalue weighted by molar-refractivity contribution is 6.13. The molecule has 0 unspecified atom stereocenters. The molecule has 1 amide bonds. The summed E-state index contributed by atoms with van der Waals surface area (Å²) in [6.07, 6.45) is 4.74. The van der Waals surface area contributed by atoms with Gasteiger partial charge in [0, 0.05) is 6.08 Å². The molecule has 2 aromatic rings. The maximum atomic E-state index is 11.7. The van der Waals surface area contributed by atoms with Gasteiger partial charge >= 0.3 is 0 Å². The van der Waals surface area contributed by atoms with Crippen molar-refractivity contribution in [1.82, 2.24) is 10.7 Å². The van der Waals surface area contributed by atoms with Crippen molar-refractivity contribution in [2.24, 2.45) is 10.1 Å². The number of nitrogens with zero attached hydrogens (tertiary/aromatic N) is 2. The lowest BCUT2D eigenvalue weighted by Crippen LogP contribution is -2.33. The molecule has 3 rings (SSSR count). The molecule has 0 aliphatic carbocycles. The zero-order valence-corrected chi connectivity index (χ0v) is 11.0. The van der Waals surface area contributed by atoms with E-state index in [2.05, 4.69) is 20.8 Å². The Morgan fingerprint density at radius 3 is 2.81 bits per heavy atom. The quantitative estimate of drug-likeness (QED) is 0.510. The second kappa shape index (κ2) is 5.87. The van der Waals surface area contributed by atoms with Gasteiger partial charge in [-0.2, -0.15) is 5.10 Å². The average molecular weight is 280 g/mol. The summed E-state index contributed by atoms with van der Waals surface area (Å²) < 4.78 is 5.14. The first-order chi connectivity index (χ1) is 10.3. The molecule has 1 aromatic heterocycles. The summed E-state index contributed by atoms with van der Waals surface area (Å²) in [5.74, 6) is 0.548. The summed E-state index contributed by atoms with van der Waals surface area (Å²) in [6.45, 7) is 0. The number of amides is 1. The standard InChI is InChI=1S/C15H12N4O2/c20-14-13(9-12-7-4-8-21-12)17-15(18-14)19-16-10-11-5-2-1-3-6-11/h1-10H,(H2,17,18,19,20). The van der Waals surface area contributed by atoms with Gasteiger partial charge in [-0.3, -0.25) is 10.1 Å². The second-order valence-electron chi connectivity index (χ2n) is 4.24. The van der Waals surface area contributed by atoms with E-state index in [4.69, 9.17) is 4.42 Å². The van der Waals surface area contributed by atoms with Crippen LogP contribution < -0.4 is 10.7 Å². The minimum atomic E-state index is -0.302. The van der Waals surface area contributed by atoms with Crippen LogP contribution in [0.1, 0.15) is 11.3 Å². The number of hydrogen-bond donors (Lipinski definition) is 2. The molecule has 2 N–H and O–H groups in total. The molecule has 6 heteroatoms. The van der Waals surface area contributed by atoms with Gasteiger partial charge < -0.3 is 4.42 Å². The zero-order valence-electron chi connectivity index (χ0n) is 11.0. The number of hydrogen-bond acceptors (Lipinski definition) is 5. The van der Waals surface area contributed by atoms with E-state index in [1.165, 1.54) is 6.26 Å². The second-order valence-corrected chi connectivity index (χ2v) is 4.24. The van der Waals surface area contributed by atoms with E-state index in [0.717, 1.165) is 5.56 Å². The van der Waals surface area contributed by atoms with Crippen LogP contribution in [0.15, 0.2) is 68.9 Å². The van der Waals surface area contributed by atoms with Gasteiger partial charge in [-0.15, -0.1) is 0 Å². The highest BCUT2D eigenvalue weighted by Gasteiger charge is 2.19. The van der Waals surface area contributed by atoms with Crippen molar-refractivity contribution < 1.29 is 9.21 Å². The van der Waals surface area contributed by atoms with Gasteiger partial charge in [-0.05, 0) is 17.7 Å². The van der Waals surface area contributed by atoms with E-state index in [9.17, 15) is 4.79 Å². The number of furan rings is 1. The number of carbonyl (C=O) groups excluding carboxylic acids is 1. The Labute approximate surface area is 120 Å². The molecule has 2 heterocycles. The number of hydrazone groups is 1. The molecule has 0 radical (unpaired) electrons. The van der Waals surface area contributed by atoms with Gasteiger partial charge in [0.1, 0.15) is 11.5 Å². The largest absolute Gasteiger partial charge is 0.465 e. The molecule has 0 fully saturated rings. The number of aliphatic imine (C=N–C) groups is 1. The lowest BCUT2D eigenvalue weighted by molar-refractivity contribution is -0.115. The van der Waals surface area contributed by atoms with Gasteiger partial charge in [0.25, 0.3) is 5.91 Å². The number of nitrogens with one attached hydrogen (secondary N) is 2. The Balaban J connectivity index is 1.67. The Bertz CT molecular complexity index is 715. The number of carbonyl (C=O) groups is 1. The molecule has 1 aliphatic rings. The fourth-order valence-electron chi connectivity index (χ4n) is 1.74. The topological polar surface area (TPSA) is 79.0 Å². The SMILES string of the molecule is O=C1NC(NN=Cc2ccccc2)=NC1=Cc1ccco1. The summed E-state index contributed by atoms with van der Waals surface area (Å²) in [5.41, 5.74) is 3.90. The van der Waals surface area contributed by atoms with Crippen LogP contribution in [0.4, 0.5) is 0 Å². The summed E-state index contributed by atoms with van der Waals surface area (Å²) in [4.78, 5) is 15.8. The fourth-order valence-corrected chi connectivity index (χ4v) is 1.74. The summed E-state index contributed by atoms with van der Waals surface area (Å²) >= 11 is 0. The third-order valence-corrected chi connectivity index (χ3v) is 2.70. The van der Waals surface area contributed by atoms with Crippen LogP contribution in [-0.2, 0) is 4.79 Å². The third kappa shape index (κ3) is 3.24. The van der Waals surface area contributed by atoms with E-state index in [1.54, 1.807) is 24.4 Å².